The standard InChI is InChI=1S/C9H20N2O.C2H6/c1-9(2)10-3-4-11-5-7-12-8-6-11;1-2/h9-10H,3-8H2,1-2H3;1-2H3. The van der Waals surface area contributed by atoms with E-state index in [2.05, 4.69) is 24.1 Å². The molecule has 0 aromatic heterocycles. The maximum absolute atomic E-state index is 5.27. The zero-order chi connectivity index (χ0) is 10.8. The molecule has 0 amide bonds. The number of morpholine rings is 1. The second kappa shape index (κ2) is 9.44. The molecule has 1 heterocycles. The number of rotatable bonds is 4. The van der Waals surface area contributed by atoms with Crippen LogP contribution in [0.25, 0.3) is 0 Å². The molecule has 3 nitrogen and oxygen atoms in total. The minimum Gasteiger partial charge on any atom is -0.379 e. The highest BCUT2D eigenvalue weighted by Gasteiger charge is 2.08. The highest BCUT2D eigenvalue weighted by molar-refractivity contribution is 4.63. The molecule has 14 heavy (non-hydrogen) atoms. The summed E-state index contributed by atoms with van der Waals surface area (Å²) in [5.41, 5.74) is 0. The van der Waals surface area contributed by atoms with E-state index in [9.17, 15) is 0 Å². The molecule has 0 aromatic carbocycles. The van der Waals surface area contributed by atoms with E-state index < -0.39 is 0 Å². The minimum absolute atomic E-state index is 0.603. The maximum atomic E-state index is 5.27. The van der Waals surface area contributed by atoms with Gasteiger partial charge in [-0.15, -0.1) is 0 Å². The van der Waals surface area contributed by atoms with Gasteiger partial charge in [-0.25, -0.2) is 0 Å². The van der Waals surface area contributed by atoms with Crippen molar-refractivity contribution in [2.24, 2.45) is 0 Å². The normalized spacial score (nSPS) is 17.8. The Balaban J connectivity index is 0.000000791. The average molecular weight is 202 g/mol. The Morgan fingerprint density at radius 2 is 1.79 bits per heavy atom. The number of nitrogens with one attached hydrogen (secondary N) is 1. The van der Waals surface area contributed by atoms with E-state index >= 15 is 0 Å². The first-order valence-electron chi connectivity index (χ1n) is 5.82. The van der Waals surface area contributed by atoms with Gasteiger partial charge in [-0.3, -0.25) is 4.90 Å². The van der Waals surface area contributed by atoms with E-state index in [0.717, 1.165) is 39.4 Å². The Morgan fingerprint density at radius 3 is 2.29 bits per heavy atom. The molecule has 1 aliphatic heterocycles. The number of ether oxygens (including phenoxy) is 1. The van der Waals surface area contributed by atoms with Crippen LogP contribution in [0.1, 0.15) is 27.7 Å². The Kier molecular flexibility index (Phi) is 9.35. The molecule has 1 N–H and O–H groups in total. The number of nitrogens with zero attached hydrogens (tertiary/aromatic N) is 1. The van der Waals surface area contributed by atoms with E-state index in [1.165, 1.54) is 0 Å². The van der Waals surface area contributed by atoms with Crippen molar-refractivity contribution in [3.8, 4) is 0 Å². The van der Waals surface area contributed by atoms with Gasteiger partial charge in [-0.05, 0) is 0 Å². The van der Waals surface area contributed by atoms with Crippen LogP contribution in [0, 0.1) is 0 Å². The molecular weight excluding hydrogens is 176 g/mol. The Hall–Kier alpha value is -0.120. The predicted octanol–water partition coefficient (Wildman–Crippen LogP) is 1.34. The SMILES string of the molecule is CC.CC(C)NCCN1CCOCC1. The highest BCUT2D eigenvalue weighted by atomic mass is 16.5. The molecular formula is C11H26N2O. The van der Waals surface area contributed by atoms with Gasteiger partial charge in [0.1, 0.15) is 0 Å². The highest BCUT2D eigenvalue weighted by Crippen LogP contribution is 1.94. The van der Waals surface area contributed by atoms with Gasteiger partial charge in [0, 0.05) is 32.2 Å². The summed E-state index contributed by atoms with van der Waals surface area (Å²) in [5, 5.41) is 3.41. The van der Waals surface area contributed by atoms with Gasteiger partial charge < -0.3 is 10.1 Å². The van der Waals surface area contributed by atoms with Crippen LogP contribution in [0.5, 0.6) is 0 Å². The largest absolute Gasteiger partial charge is 0.379 e. The van der Waals surface area contributed by atoms with Crippen molar-refractivity contribution in [3.05, 3.63) is 0 Å². The summed E-state index contributed by atoms with van der Waals surface area (Å²) < 4.78 is 5.27. The smallest absolute Gasteiger partial charge is 0.0594 e. The van der Waals surface area contributed by atoms with E-state index in [4.69, 9.17) is 4.74 Å². The maximum Gasteiger partial charge on any atom is 0.0594 e. The molecule has 0 unspecified atom stereocenters. The second-order valence-electron chi connectivity index (χ2n) is 3.56. The lowest BCUT2D eigenvalue weighted by molar-refractivity contribution is 0.0382. The molecule has 0 aliphatic carbocycles. The van der Waals surface area contributed by atoms with Crippen LogP contribution in [0.4, 0.5) is 0 Å². The van der Waals surface area contributed by atoms with Crippen molar-refractivity contribution < 1.29 is 4.74 Å². The molecule has 0 aromatic rings. The Morgan fingerprint density at radius 1 is 1.21 bits per heavy atom. The summed E-state index contributed by atoms with van der Waals surface area (Å²) in [6, 6.07) is 0.603. The average Bonchev–Trinajstić information content (AvgIpc) is 2.22. The Labute approximate surface area is 88.8 Å². The summed E-state index contributed by atoms with van der Waals surface area (Å²) >= 11 is 0. The lowest BCUT2D eigenvalue weighted by Gasteiger charge is -2.26. The van der Waals surface area contributed by atoms with Crippen LogP contribution < -0.4 is 5.32 Å². The third-order valence-corrected chi connectivity index (χ3v) is 2.08. The first kappa shape index (κ1) is 13.9. The molecule has 0 atom stereocenters. The van der Waals surface area contributed by atoms with E-state index in [-0.39, 0.29) is 0 Å². The van der Waals surface area contributed by atoms with Crippen molar-refractivity contribution in [3.63, 3.8) is 0 Å². The van der Waals surface area contributed by atoms with Gasteiger partial charge in [-0.2, -0.15) is 0 Å². The van der Waals surface area contributed by atoms with Crippen LogP contribution in [-0.4, -0.2) is 50.3 Å². The van der Waals surface area contributed by atoms with Gasteiger partial charge in [-0.1, -0.05) is 27.7 Å². The first-order valence-corrected chi connectivity index (χ1v) is 5.82. The zero-order valence-electron chi connectivity index (χ0n) is 10.2. The zero-order valence-corrected chi connectivity index (χ0v) is 10.2. The van der Waals surface area contributed by atoms with Gasteiger partial charge in [0.05, 0.1) is 13.2 Å². The van der Waals surface area contributed by atoms with Crippen LogP contribution in [0.3, 0.4) is 0 Å². The molecule has 0 spiro atoms. The topological polar surface area (TPSA) is 24.5 Å². The van der Waals surface area contributed by atoms with E-state index in [0.29, 0.717) is 6.04 Å². The van der Waals surface area contributed by atoms with Crippen molar-refractivity contribution in [1.82, 2.24) is 10.2 Å². The molecule has 0 bridgehead atoms. The third-order valence-electron chi connectivity index (χ3n) is 2.08. The van der Waals surface area contributed by atoms with Crippen LogP contribution in [0.2, 0.25) is 0 Å². The molecule has 1 aliphatic rings. The molecule has 1 fully saturated rings. The fraction of sp³-hybridized carbons (Fsp3) is 1.00. The van der Waals surface area contributed by atoms with Gasteiger partial charge >= 0.3 is 0 Å². The van der Waals surface area contributed by atoms with Crippen molar-refractivity contribution in [1.29, 1.82) is 0 Å². The van der Waals surface area contributed by atoms with E-state index in [1.807, 2.05) is 13.8 Å². The van der Waals surface area contributed by atoms with Crippen LogP contribution >= 0.6 is 0 Å². The fourth-order valence-electron chi connectivity index (χ4n) is 1.34. The quantitative estimate of drug-likeness (QED) is 0.744. The Bertz CT molecular complexity index is 112. The number of hydrogen-bond donors (Lipinski definition) is 1. The van der Waals surface area contributed by atoms with E-state index in [1.54, 1.807) is 0 Å². The van der Waals surface area contributed by atoms with Crippen molar-refractivity contribution in [2.75, 3.05) is 39.4 Å². The van der Waals surface area contributed by atoms with Gasteiger partial charge in [0.25, 0.3) is 0 Å². The monoisotopic (exact) mass is 202 g/mol. The molecule has 3 heteroatoms. The van der Waals surface area contributed by atoms with Gasteiger partial charge in [0.2, 0.25) is 0 Å². The lowest BCUT2D eigenvalue weighted by atomic mass is 10.3. The molecule has 86 valence electrons. The molecule has 1 rings (SSSR count). The second-order valence-corrected chi connectivity index (χ2v) is 3.56. The summed E-state index contributed by atoms with van der Waals surface area (Å²) in [5.74, 6) is 0. The predicted molar refractivity (Wildman–Crippen MR) is 61.7 cm³/mol. The lowest BCUT2D eigenvalue weighted by Crippen LogP contribution is -2.41. The third kappa shape index (κ3) is 7.30. The summed E-state index contributed by atoms with van der Waals surface area (Å²) in [6.45, 7) is 14.6. The minimum atomic E-state index is 0.603. The van der Waals surface area contributed by atoms with Crippen LogP contribution in [-0.2, 0) is 4.74 Å². The fourth-order valence-corrected chi connectivity index (χ4v) is 1.34. The van der Waals surface area contributed by atoms with Crippen molar-refractivity contribution in [2.45, 2.75) is 33.7 Å². The van der Waals surface area contributed by atoms with Crippen LogP contribution in [0.15, 0.2) is 0 Å². The van der Waals surface area contributed by atoms with Crippen molar-refractivity contribution >= 4 is 0 Å². The molecule has 0 saturated carbocycles. The summed E-state index contributed by atoms with van der Waals surface area (Å²) in [7, 11) is 0. The summed E-state index contributed by atoms with van der Waals surface area (Å²) in [4.78, 5) is 2.44. The molecule has 1 saturated heterocycles. The first-order chi connectivity index (χ1) is 6.79. The number of hydrogen-bond acceptors (Lipinski definition) is 3. The summed E-state index contributed by atoms with van der Waals surface area (Å²) in [6.07, 6.45) is 0. The van der Waals surface area contributed by atoms with Gasteiger partial charge in [0.15, 0.2) is 0 Å². The molecule has 0 radical (unpaired) electrons.